The van der Waals surface area contributed by atoms with Gasteiger partial charge in [0.15, 0.2) is 0 Å². The van der Waals surface area contributed by atoms with Crippen molar-refractivity contribution in [3.63, 3.8) is 0 Å². The van der Waals surface area contributed by atoms with Crippen molar-refractivity contribution < 1.29 is 5.11 Å². The number of aliphatic hydroxyl groups is 1. The number of hydrogen-bond acceptors (Lipinski definition) is 4. The molecule has 4 nitrogen and oxygen atoms in total. The van der Waals surface area contributed by atoms with Crippen LogP contribution in [0, 0.1) is 11.3 Å². The third-order valence-corrected chi connectivity index (χ3v) is 3.74. The molecule has 1 aromatic rings. The molecular formula is C15H21N3O. The Morgan fingerprint density at radius 1 is 1.37 bits per heavy atom. The average Bonchev–Trinajstić information content (AvgIpc) is 2.43. The second-order valence-electron chi connectivity index (χ2n) is 5.16. The lowest BCUT2D eigenvalue weighted by molar-refractivity contribution is 0.0433. The smallest absolute Gasteiger partial charge is 0.0917 e. The Morgan fingerprint density at radius 2 is 2.11 bits per heavy atom. The molecule has 0 aliphatic carbocycles. The van der Waals surface area contributed by atoms with Crippen molar-refractivity contribution in [2.24, 2.45) is 0 Å². The molecule has 0 amide bonds. The summed E-state index contributed by atoms with van der Waals surface area (Å²) in [5.74, 6) is 0. The molecule has 1 aliphatic rings. The summed E-state index contributed by atoms with van der Waals surface area (Å²) in [7, 11) is 0. The molecule has 1 N–H and O–H groups in total. The quantitative estimate of drug-likeness (QED) is 0.827. The van der Waals surface area contributed by atoms with Crippen molar-refractivity contribution in [2.45, 2.75) is 19.1 Å². The summed E-state index contributed by atoms with van der Waals surface area (Å²) < 4.78 is 0. The van der Waals surface area contributed by atoms with Crippen molar-refractivity contribution >= 4 is 0 Å². The second kappa shape index (κ2) is 6.67. The third kappa shape index (κ3) is 3.77. The standard InChI is InChI=1S/C15H21N3O/c1-13-11-17(8-7-16)9-10-18(13)12-15(19)14-5-3-2-4-6-14/h2-6,13,15,19H,8-12H2,1H3/t13-,15-/m0/s1. The lowest BCUT2D eigenvalue weighted by atomic mass is 10.1. The van der Waals surface area contributed by atoms with Crippen LogP contribution < -0.4 is 0 Å². The van der Waals surface area contributed by atoms with Crippen LogP contribution in [0.4, 0.5) is 0 Å². The molecule has 0 unspecified atom stereocenters. The Morgan fingerprint density at radius 3 is 2.74 bits per heavy atom. The van der Waals surface area contributed by atoms with Crippen molar-refractivity contribution in [1.29, 1.82) is 5.26 Å². The molecule has 1 fully saturated rings. The minimum atomic E-state index is -0.439. The molecule has 0 saturated carbocycles. The average molecular weight is 259 g/mol. The fourth-order valence-corrected chi connectivity index (χ4v) is 2.59. The van der Waals surface area contributed by atoms with Gasteiger partial charge >= 0.3 is 0 Å². The van der Waals surface area contributed by atoms with Gasteiger partial charge in [-0.3, -0.25) is 9.80 Å². The molecule has 1 aromatic carbocycles. The first-order valence-corrected chi connectivity index (χ1v) is 6.77. The van der Waals surface area contributed by atoms with Gasteiger partial charge in [-0.2, -0.15) is 5.26 Å². The van der Waals surface area contributed by atoms with Crippen LogP contribution in [0.1, 0.15) is 18.6 Å². The molecule has 0 spiro atoms. The number of β-amino-alcohol motifs (C(OH)–C–C–N with tert-alkyl or cyclic N) is 1. The van der Waals surface area contributed by atoms with E-state index in [1.807, 2.05) is 30.3 Å². The minimum absolute atomic E-state index is 0.375. The van der Waals surface area contributed by atoms with Crippen LogP contribution in [-0.4, -0.2) is 53.7 Å². The van der Waals surface area contributed by atoms with Gasteiger partial charge in [-0.25, -0.2) is 0 Å². The lowest BCUT2D eigenvalue weighted by Crippen LogP contribution is -2.52. The predicted molar refractivity (Wildman–Crippen MR) is 74.5 cm³/mol. The summed E-state index contributed by atoms with van der Waals surface area (Å²) in [6, 6.07) is 12.4. The van der Waals surface area contributed by atoms with E-state index in [2.05, 4.69) is 22.8 Å². The largest absolute Gasteiger partial charge is 0.387 e. The molecule has 102 valence electrons. The molecule has 0 bridgehead atoms. The fraction of sp³-hybridized carbons (Fsp3) is 0.533. The van der Waals surface area contributed by atoms with Gasteiger partial charge < -0.3 is 5.11 Å². The van der Waals surface area contributed by atoms with E-state index in [0.717, 1.165) is 25.2 Å². The first-order chi connectivity index (χ1) is 9.20. The summed E-state index contributed by atoms with van der Waals surface area (Å²) >= 11 is 0. The van der Waals surface area contributed by atoms with Crippen molar-refractivity contribution in [2.75, 3.05) is 32.7 Å². The number of nitriles is 1. The van der Waals surface area contributed by atoms with Crippen LogP contribution in [-0.2, 0) is 0 Å². The Kier molecular flexibility index (Phi) is 4.92. The van der Waals surface area contributed by atoms with E-state index >= 15 is 0 Å². The normalized spacial score (nSPS) is 22.9. The molecule has 0 aromatic heterocycles. The van der Waals surface area contributed by atoms with Gasteiger partial charge in [0, 0.05) is 32.2 Å². The van der Waals surface area contributed by atoms with E-state index in [4.69, 9.17) is 5.26 Å². The molecule has 19 heavy (non-hydrogen) atoms. The van der Waals surface area contributed by atoms with E-state index in [1.54, 1.807) is 0 Å². The minimum Gasteiger partial charge on any atom is -0.387 e. The lowest BCUT2D eigenvalue weighted by Gasteiger charge is -2.39. The number of nitrogens with zero attached hydrogens (tertiary/aromatic N) is 3. The highest BCUT2D eigenvalue weighted by Crippen LogP contribution is 2.17. The third-order valence-electron chi connectivity index (χ3n) is 3.74. The van der Waals surface area contributed by atoms with E-state index in [0.29, 0.717) is 19.1 Å². The van der Waals surface area contributed by atoms with E-state index in [-0.39, 0.29) is 0 Å². The van der Waals surface area contributed by atoms with Crippen LogP contribution in [0.15, 0.2) is 30.3 Å². The number of aliphatic hydroxyl groups excluding tert-OH is 1. The first kappa shape index (κ1) is 14.0. The number of benzene rings is 1. The molecule has 1 saturated heterocycles. The summed E-state index contributed by atoms with van der Waals surface area (Å²) in [6.07, 6.45) is -0.439. The zero-order valence-electron chi connectivity index (χ0n) is 11.4. The second-order valence-corrected chi connectivity index (χ2v) is 5.16. The molecule has 1 aliphatic heterocycles. The number of piperazine rings is 1. The van der Waals surface area contributed by atoms with Gasteiger partial charge in [0.25, 0.3) is 0 Å². The van der Waals surface area contributed by atoms with Crippen LogP contribution in [0.25, 0.3) is 0 Å². The van der Waals surface area contributed by atoms with Crippen molar-refractivity contribution in [3.05, 3.63) is 35.9 Å². The van der Waals surface area contributed by atoms with Crippen molar-refractivity contribution in [3.8, 4) is 6.07 Å². The Hall–Kier alpha value is -1.41. The molecule has 2 rings (SSSR count). The maximum absolute atomic E-state index is 10.3. The van der Waals surface area contributed by atoms with Crippen LogP contribution in [0.3, 0.4) is 0 Å². The zero-order chi connectivity index (χ0) is 13.7. The highest BCUT2D eigenvalue weighted by atomic mass is 16.3. The van der Waals surface area contributed by atoms with Crippen LogP contribution in [0.2, 0.25) is 0 Å². The summed E-state index contributed by atoms with van der Waals surface area (Å²) in [6.45, 7) is 6.02. The summed E-state index contributed by atoms with van der Waals surface area (Å²) in [4.78, 5) is 4.46. The molecule has 4 heteroatoms. The van der Waals surface area contributed by atoms with Gasteiger partial charge in [-0.15, -0.1) is 0 Å². The summed E-state index contributed by atoms with van der Waals surface area (Å²) in [5.41, 5.74) is 0.967. The van der Waals surface area contributed by atoms with E-state index in [1.165, 1.54) is 0 Å². The number of rotatable bonds is 4. The molecule has 1 heterocycles. The molecular weight excluding hydrogens is 238 g/mol. The van der Waals surface area contributed by atoms with Gasteiger partial charge in [0.05, 0.1) is 18.7 Å². The van der Waals surface area contributed by atoms with Gasteiger partial charge in [0.2, 0.25) is 0 Å². The Balaban J connectivity index is 1.89. The zero-order valence-corrected chi connectivity index (χ0v) is 11.4. The fourth-order valence-electron chi connectivity index (χ4n) is 2.59. The Labute approximate surface area is 114 Å². The van der Waals surface area contributed by atoms with Gasteiger partial charge in [-0.1, -0.05) is 30.3 Å². The maximum Gasteiger partial charge on any atom is 0.0917 e. The van der Waals surface area contributed by atoms with Crippen LogP contribution >= 0.6 is 0 Å². The monoisotopic (exact) mass is 259 g/mol. The Bertz CT molecular complexity index is 429. The van der Waals surface area contributed by atoms with Crippen molar-refractivity contribution in [1.82, 2.24) is 9.80 Å². The van der Waals surface area contributed by atoms with Gasteiger partial charge in [0.1, 0.15) is 0 Å². The highest BCUT2D eigenvalue weighted by Gasteiger charge is 2.25. The first-order valence-electron chi connectivity index (χ1n) is 6.77. The highest BCUT2D eigenvalue weighted by molar-refractivity contribution is 5.17. The van der Waals surface area contributed by atoms with Gasteiger partial charge in [-0.05, 0) is 12.5 Å². The SMILES string of the molecule is C[C@H]1CN(CC#N)CCN1C[C@H](O)c1ccccc1. The number of hydrogen-bond donors (Lipinski definition) is 1. The summed E-state index contributed by atoms with van der Waals surface area (Å²) in [5, 5.41) is 19.0. The topological polar surface area (TPSA) is 50.5 Å². The molecule has 0 radical (unpaired) electrons. The molecule has 2 atom stereocenters. The predicted octanol–water partition coefficient (Wildman–Crippen LogP) is 1.25. The van der Waals surface area contributed by atoms with Crippen LogP contribution in [0.5, 0.6) is 0 Å². The van der Waals surface area contributed by atoms with E-state index in [9.17, 15) is 5.11 Å². The van der Waals surface area contributed by atoms with E-state index < -0.39 is 6.10 Å². The maximum atomic E-state index is 10.3.